The standard InChI is InChI=1S/C20H30N2O3/c1-5-10-18(22(24)15-16-11-7-6-8-12-16)17-13-9-14-21(17)19(23)25-20(2,3)4/h5-8,11-12,17-18,24H,1,9-10,13-15H2,2-4H3/t17-,18+/m1/s1. The summed E-state index contributed by atoms with van der Waals surface area (Å²) in [6, 6.07) is 9.54. The first-order valence-corrected chi connectivity index (χ1v) is 8.92. The Kier molecular flexibility index (Phi) is 6.62. The summed E-state index contributed by atoms with van der Waals surface area (Å²) in [6.45, 7) is 10.5. The predicted octanol–water partition coefficient (Wildman–Crippen LogP) is 4.22. The van der Waals surface area contributed by atoms with E-state index < -0.39 is 5.60 Å². The second-order valence-electron chi connectivity index (χ2n) is 7.56. The van der Waals surface area contributed by atoms with Gasteiger partial charge >= 0.3 is 6.09 Å². The van der Waals surface area contributed by atoms with Gasteiger partial charge in [0.2, 0.25) is 0 Å². The Bertz CT molecular complexity index is 568. The number of rotatable bonds is 6. The van der Waals surface area contributed by atoms with E-state index >= 15 is 0 Å². The van der Waals surface area contributed by atoms with Gasteiger partial charge in [0, 0.05) is 13.1 Å². The highest BCUT2D eigenvalue weighted by atomic mass is 16.6. The van der Waals surface area contributed by atoms with Crippen LogP contribution >= 0.6 is 0 Å². The van der Waals surface area contributed by atoms with Crippen molar-refractivity contribution in [1.82, 2.24) is 9.96 Å². The van der Waals surface area contributed by atoms with E-state index in [1.54, 1.807) is 11.0 Å². The lowest BCUT2D eigenvalue weighted by molar-refractivity contribution is -0.149. The Morgan fingerprint density at radius 2 is 2.12 bits per heavy atom. The minimum Gasteiger partial charge on any atom is -0.444 e. The van der Waals surface area contributed by atoms with Crippen molar-refractivity contribution >= 4 is 6.09 Å². The summed E-state index contributed by atoms with van der Waals surface area (Å²) in [4.78, 5) is 14.3. The van der Waals surface area contributed by atoms with Crippen molar-refractivity contribution in [3.05, 3.63) is 48.6 Å². The van der Waals surface area contributed by atoms with E-state index in [4.69, 9.17) is 4.74 Å². The molecular weight excluding hydrogens is 316 g/mol. The number of nitrogens with zero attached hydrogens (tertiary/aromatic N) is 2. The predicted molar refractivity (Wildman–Crippen MR) is 98.3 cm³/mol. The van der Waals surface area contributed by atoms with Crippen molar-refractivity contribution < 1.29 is 14.7 Å². The van der Waals surface area contributed by atoms with Crippen LogP contribution in [0.4, 0.5) is 4.79 Å². The minimum atomic E-state index is -0.527. The lowest BCUT2D eigenvalue weighted by Crippen LogP contribution is -2.50. The van der Waals surface area contributed by atoms with Crippen LogP contribution in [0, 0.1) is 0 Å². The molecule has 0 radical (unpaired) electrons. The molecule has 138 valence electrons. The van der Waals surface area contributed by atoms with E-state index in [0.717, 1.165) is 18.4 Å². The van der Waals surface area contributed by atoms with Gasteiger partial charge in [0.05, 0.1) is 12.1 Å². The zero-order valence-electron chi connectivity index (χ0n) is 15.5. The number of benzene rings is 1. The summed E-state index contributed by atoms with van der Waals surface area (Å²) in [6.07, 6.45) is 3.86. The molecule has 0 spiro atoms. The van der Waals surface area contributed by atoms with E-state index in [9.17, 15) is 10.0 Å². The molecule has 1 aliphatic rings. The number of hydroxylamine groups is 2. The quantitative estimate of drug-likeness (QED) is 0.619. The molecule has 5 nitrogen and oxygen atoms in total. The molecule has 1 aromatic rings. The first-order valence-electron chi connectivity index (χ1n) is 8.92. The highest BCUT2D eigenvalue weighted by Gasteiger charge is 2.38. The molecule has 5 heteroatoms. The molecule has 1 aliphatic heterocycles. The zero-order valence-corrected chi connectivity index (χ0v) is 15.5. The normalized spacial score (nSPS) is 19.1. The van der Waals surface area contributed by atoms with Crippen LogP contribution in [0.15, 0.2) is 43.0 Å². The largest absolute Gasteiger partial charge is 0.444 e. The molecule has 1 amide bonds. The average Bonchev–Trinajstić information content (AvgIpc) is 3.01. The average molecular weight is 346 g/mol. The van der Waals surface area contributed by atoms with Crippen molar-refractivity contribution in [3.8, 4) is 0 Å². The maximum atomic E-state index is 12.5. The van der Waals surface area contributed by atoms with Crippen molar-refractivity contribution in [2.45, 2.75) is 64.3 Å². The van der Waals surface area contributed by atoms with Crippen LogP contribution < -0.4 is 0 Å². The van der Waals surface area contributed by atoms with E-state index in [1.165, 1.54) is 5.06 Å². The summed E-state index contributed by atoms with van der Waals surface area (Å²) >= 11 is 0. The van der Waals surface area contributed by atoms with Gasteiger partial charge in [0.25, 0.3) is 0 Å². The fourth-order valence-electron chi connectivity index (χ4n) is 3.28. The van der Waals surface area contributed by atoms with Crippen molar-refractivity contribution in [2.75, 3.05) is 6.54 Å². The van der Waals surface area contributed by atoms with E-state index in [-0.39, 0.29) is 18.2 Å². The van der Waals surface area contributed by atoms with Gasteiger partial charge < -0.3 is 14.8 Å². The lowest BCUT2D eigenvalue weighted by atomic mass is 10.0. The smallest absolute Gasteiger partial charge is 0.410 e. The summed E-state index contributed by atoms with van der Waals surface area (Å²) in [7, 11) is 0. The summed E-state index contributed by atoms with van der Waals surface area (Å²) in [5.74, 6) is 0. The molecule has 1 aromatic carbocycles. The molecule has 2 atom stereocenters. The van der Waals surface area contributed by atoms with Crippen LogP contribution in [0.3, 0.4) is 0 Å². The third-order valence-corrected chi connectivity index (χ3v) is 4.35. The number of hydrogen-bond acceptors (Lipinski definition) is 4. The molecule has 0 unspecified atom stereocenters. The molecule has 25 heavy (non-hydrogen) atoms. The van der Waals surface area contributed by atoms with Crippen LogP contribution in [0.25, 0.3) is 0 Å². The minimum absolute atomic E-state index is 0.0819. The number of carbonyl (C=O) groups excluding carboxylic acids is 1. The molecule has 1 fully saturated rings. The van der Waals surface area contributed by atoms with E-state index in [2.05, 4.69) is 6.58 Å². The van der Waals surface area contributed by atoms with Crippen LogP contribution in [-0.4, -0.2) is 45.5 Å². The van der Waals surface area contributed by atoms with Gasteiger partial charge in [-0.05, 0) is 45.6 Å². The molecule has 0 saturated carbocycles. The maximum Gasteiger partial charge on any atom is 0.410 e. The molecule has 0 aliphatic carbocycles. The van der Waals surface area contributed by atoms with Crippen LogP contribution in [0.2, 0.25) is 0 Å². The van der Waals surface area contributed by atoms with Gasteiger partial charge in [0.1, 0.15) is 5.60 Å². The number of hydrogen-bond donors (Lipinski definition) is 1. The third-order valence-electron chi connectivity index (χ3n) is 4.35. The van der Waals surface area contributed by atoms with E-state index in [0.29, 0.717) is 19.5 Å². The van der Waals surface area contributed by atoms with E-state index in [1.807, 2.05) is 51.1 Å². The first-order chi connectivity index (χ1) is 11.8. The maximum absolute atomic E-state index is 12.5. The third kappa shape index (κ3) is 5.58. The van der Waals surface area contributed by atoms with Crippen LogP contribution in [0.5, 0.6) is 0 Å². The number of amides is 1. The van der Waals surface area contributed by atoms with Gasteiger partial charge in [-0.25, -0.2) is 4.79 Å². The second-order valence-corrected chi connectivity index (χ2v) is 7.56. The zero-order chi connectivity index (χ0) is 18.4. The summed E-state index contributed by atoms with van der Waals surface area (Å²) < 4.78 is 5.54. The SMILES string of the molecule is C=CC[C@@H]([C@H]1CCCN1C(=O)OC(C)(C)C)N(O)Cc1ccccc1. The highest BCUT2D eigenvalue weighted by Crippen LogP contribution is 2.27. The molecule has 0 aromatic heterocycles. The van der Waals surface area contributed by atoms with Gasteiger partial charge in [-0.1, -0.05) is 36.4 Å². The molecular formula is C20H30N2O3. The van der Waals surface area contributed by atoms with Gasteiger partial charge in [-0.15, -0.1) is 6.58 Å². The van der Waals surface area contributed by atoms with Crippen molar-refractivity contribution in [3.63, 3.8) is 0 Å². The number of carbonyl (C=O) groups is 1. The van der Waals surface area contributed by atoms with Gasteiger partial charge in [-0.2, -0.15) is 5.06 Å². The van der Waals surface area contributed by atoms with Crippen molar-refractivity contribution in [1.29, 1.82) is 0 Å². The van der Waals surface area contributed by atoms with Crippen LogP contribution in [-0.2, 0) is 11.3 Å². The van der Waals surface area contributed by atoms with Gasteiger partial charge in [0.15, 0.2) is 0 Å². The summed E-state index contributed by atoms with van der Waals surface area (Å²) in [5, 5.41) is 12.0. The first kappa shape index (κ1) is 19.5. The molecule has 1 heterocycles. The Hall–Kier alpha value is -1.85. The molecule has 1 N–H and O–H groups in total. The molecule has 1 saturated heterocycles. The van der Waals surface area contributed by atoms with Crippen molar-refractivity contribution in [2.24, 2.45) is 0 Å². The number of likely N-dealkylation sites (tertiary alicyclic amines) is 1. The Labute approximate surface area is 150 Å². The second kappa shape index (κ2) is 8.50. The highest BCUT2D eigenvalue weighted by molar-refractivity contribution is 5.69. The van der Waals surface area contributed by atoms with Gasteiger partial charge in [-0.3, -0.25) is 0 Å². The lowest BCUT2D eigenvalue weighted by Gasteiger charge is -2.36. The topological polar surface area (TPSA) is 53.0 Å². The number of ether oxygens (including phenoxy) is 1. The Morgan fingerprint density at radius 3 is 2.72 bits per heavy atom. The molecule has 2 rings (SSSR count). The fourth-order valence-corrected chi connectivity index (χ4v) is 3.28. The fraction of sp³-hybridized carbons (Fsp3) is 0.550. The summed E-state index contributed by atoms with van der Waals surface area (Å²) in [5.41, 5.74) is 0.502. The Balaban J connectivity index is 2.11. The molecule has 0 bridgehead atoms. The Morgan fingerprint density at radius 1 is 1.44 bits per heavy atom. The monoisotopic (exact) mass is 346 g/mol. The van der Waals surface area contributed by atoms with Crippen LogP contribution in [0.1, 0.15) is 45.6 Å².